The molecule has 20 heavy (non-hydrogen) atoms. The molecule has 2 aromatic heterocycles. The zero-order valence-corrected chi connectivity index (χ0v) is 11.6. The summed E-state index contributed by atoms with van der Waals surface area (Å²) in [6, 6.07) is 0.237. The summed E-state index contributed by atoms with van der Waals surface area (Å²) < 4.78 is 1.65. The van der Waals surface area contributed by atoms with Gasteiger partial charge in [-0.05, 0) is 0 Å². The number of amides is 1. The molecule has 0 saturated carbocycles. The minimum atomic E-state index is -0.458. The molecule has 0 bridgehead atoms. The monoisotopic (exact) mass is 313 g/mol. The van der Waals surface area contributed by atoms with Crippen LogP contribution in [-0.2, 0) is 0 Å². The predicted octanol–water partition coefficient (Wildman–Crippen LogP) is 0.771. The molecule has 8 nitrogen and oxygen atoms in total. The molecule has 0 aliphatic carbocycles. The quantitative estimate of drug-likeness (QED) is 0.812. The van der Waals surface area contributed by atoms with Gasteiger partial charge >= 0.3 is 0 Å². The van der Waals surface area contributed by atoms with Crippen LogP contribution < -0.4 is 10.6 Å². The fourth-order valence-electron chi connectivity index (χ4n) is 1.63. The SMILES string of the molecule is O=C(Nc1ncnc(Cl)c1Cl)c1cn(C2CNC2)nn1. The van der Waals surface area contributed by atoms with Crippen LogP contribution in [0.15, 0.2) is 12.5 Å². The predicted molar refractivity (Wildman–Crippen MR) is 71.9 cm³/mol. The van der Waals surface area contributed by atoms with Gasteiger partial charge in [0.15, 0.2) is 16.7 Å². The highest BCUT2D eigenvalue weighted by Gasteiger charge is 2.22. The molecular weight excluding hydrogens is 305 g/mol. The zero-order chi connectivity index (χ0) is 14.1. The third-order valence-electron chi connectivity index (χ3n) is 2.86. The van der Waals surface area contributed by atoms with Gasteiger partial charge in [-0.25, -0.2) is 14.6 Å². The van der Waals surface area contributed by atoms with Crippen molar-refractivity contribution in [1.29, 1.82) is 0 Å². The van der Waals surface area contributed by atoms with E-state index in [-0.39, 0.29) is 27.7 Å². The third kappa shape index (κ3) is 2.45. The van der Waals surface area contributed by atoms with Gasteiger partial charge in [-0.2, -0.15) is 0 Å². The Balaban J connectivity index is 1.75. The topological polar surface area (TPSA) is 97.6 Å². The lowest BCUT2D eigenvalue weighted by atomic mass is 10.2. The first kappa shape index (κ1) is 13.2. The molecule has 1 aliphatic rings. The van der Waals surface area contributed by atoms with E-state index in [1.54, 1.807) is 10.9 Å². The van der Waals surface area contributed by atoms with E-state index >= 15 is 0 Å². The molecule has 0 unspecified atom stereocenters. The van der Waals surface area contributed by atoms with Crippen LogP contribution in [0.3, 0.4) is 0 Å². The van der Waals surface area contributed by atoms with Crippen molar-refractivity contribution in [2.45, 2.75) is 6.04 Å². The Bertz CT molecular complexity index is 655. The summed E-state index contributed by atoms with van der Waals surface area (Å²) in [6.07, 6.45) is 2.79. The Morgan fingerprint density at radius 1 is 1.40 bits per heavy atom. The maximum atomic E-state index is 12.0. The fourth-order valence-corrected chi connectivity index (χ4v) is 1.90. The van der Waals surface area contributed by atoms with Crippen molar-refractivity contribution in [2.24, 2.45) is 0 Å². The summed E-state index contributed by atoms with van der Waals surface area (Å²) in [6.45, 7) is 1.63. The van der Waals surface area contributed by atoms with Crippen LogP contribution in [0.25, 0.3) is 0 Å². The molecule has 1 aliphatic heterocycles. The molecule has 0 atom stereocenters. The molecule has 1 amide bonds. The number of rotatable bonds is 3. The molecule has 0 aromatic carbocycles. The molecule has 3 heterocycles. The van der Waals surface area contributed by atoms with Crippen LogP contribution in [0, 0.1) is 0 Å². The van der Waals surface area contributed by atoms with Crippen LogP contribution in [0.2, 0.25) is 10.2 Å². The van der Waals surface area contributed by atoms with E-state index in [1.165, 1.54) is 6.33 Å². The largest absolute Gasteiger partial charge is 0.312 e. The molecule has 0 spiro atoms. The van der Waals surface area contributed by atoms with E-state index < -0.39 is 5.91 Å². The second-order valence-electron chi connectivity index (χ2n) is 4.18. The molecule has 10 heteroatoms. The first-order valence-corrected chi connectivity index (χ1v) is 6.50. The van der Waals surface area contributed by atoms with Crippen molar-refractivity contribution >= 4 is 34.9 Å². The summed E-state index contributed by atoms with van der Waals surface area (Å²) >= 11 is 11.6. The molecule has 1 saturated heterocycles. The van der Waals surface area contributed by atoms with Gasteiger partial charge in [-0.1, -0.05) is 28.4 Å². The van der Waals surface area contributed by atoms with Crippen molar-refractivity contribution in [3.8, 4) is 0 Å². The molecule has 1 fully saturated rings. The second-order valence-corrected chi connectivity index (χ2v) is 4.91. The number of hydrogen-bond donors (Lipinski definition) is 2. The second kappa shape index (κ2) is 5.31. The first-order chi connectivity index (χ1) is 9.65. The Morgan fingerprint density at radius 3 is 2.90 bits per heavy atom. The summed E-state index contributed by atoms with van der Waals surface area (Å²) in [7, 11) is 0. The number of halogens is 2. The molecule has 104 valence electrons. The van der Waals surface area contributed by atoms with Gasteiger partial charge in [0.1, 0.15) is 11.3 Å². The van der Waals surface area contributed by atoms with Crippen molar-refractivity contribution in [3.05, 3.63) is 28.4 Å². The van der Waals surface area contributed by atoms with Crippen LogP contribution >= 0.6 is 23.2 Å². The normalized spacial score (nSPS) is 14.9. The zero-order valence-electron chi connectivity index (χ0n) is 10.0. The Labute approximate surface area is 123 Å². The van der Waals surface area contributed by atoms with Gasteiger partial charge in [-0.15, -0.1) is 5.10 Å². The van der Waals surface area contributed by atoms with E-state index in [4.69, 9.17) is 23.2 Å². The van der Waals surface area contributed by atoms with Crippen molar-refractivity contribution < 1.29 is 4.79 Å². The first-order valence-electron chi connectivity index (χ1n) is 5.75. The number of hydrogen-bond acceptors (Lipinski definition) is 6. The highest BCUT2D eigenvalue weighted by Crippen LogP contribution is 2.25. The molecular formula is C10H9Cl2N7O. The Hall–Kier alpha value is -1.77. The summed E-state index contributed by atoms with van der Waals surface area (Å²) in [5, 5.41) is 13.5. The number of carbonyl (C=O) groups is 1. The number of anilines is 1. The number of nitrogens with one attached hydrogen (secondary N) is 2. The molecule has 0 radical (unpaired) electrons. The van der Waals surface area contributed by atoms with E-state index in [0.29, 0.717) is 0 Å². The van der Waals surface area contributed by atoms with Gasteiger partial charge in [0.2, 0.25) is 0 Å². The lowest BCUT2D eigenvalue weighted by Gasteiger charge is -2.26. The van der Waals surface area contributed by atoms with E-state index in [0.717, 1.165) is 13.1 Å². The summed E-state index contributed by atoms with van der Waals surface area (Å²) in [5.74, 6) is -0.322. The molecule has 2 N–H and O–H groups in total. The highest BCUT2D eigenvalue weighted by molar-refractivity contribution is 6.43. The lowest BCUT2D eigenvalue weighted by Crippen LogP contribution is -2.43. The Kier molecular flexibility index (Phi) is 3.51. The van der Waals surface area contributed by atoms with Crippen LogP contribution in [0.5, 0.6) is 0 Å². The summed E-state index contributed by atoms with van der Waals surface area (Å²) in [4.78, 5) is 19.6. The third-order valence-corrected chi connectivity index (χ3v) is 3.60. The van der Waals surface area contributed by atoms with Gasteiger partial charge in [0, 0.05) is 13.1 Å². The number of carbonyl (C=O) groups excluding carboxylic acids is 1. The minimum Gasteiger partial charge on any atom is -0.312 e. The van der Waals surface area contributed by atoms with Crippen molar-refractivity contribution in [1.82, 2.24) is 30.3 Å². The molecule has 3 rings (SSSR count). The van der Waals surface area contributed by atoms with E-state index in [1.807, 2.05) is 0 Å². The fraction of sp³-hybridized carbons (Fsp3) is 0.300. The smallest absolute Gasteiger partial charge is 0.279 e. The number of nitrogens with zero attached hydrogens (tertiary/aromatic N) is 5. The Morgan fingerprint density at radius 2 is 2.20 bits per heavy atom. The standard InChI is InChI=1S/C10H9Cl2N7O/c11-7-8(12)14-4-15-9(7)16-10(20)6-3-19(18-17-6)5-1-13-2-5/h3-5,13H,1-2H2,(H,14,15,16,20). The van der Waals surface area contributed by atoms with Gasteiger partial charge in [0.05, 0.1) is 12.2 Å². The summed E-state index contributed by atoms with van der Waals surface area (Å²) in [5.41, 5.74) is 0.183. The van der Waals surface area contributed by atoms with Gasteiger partial charge < -0.3 is 10.6 Å². The number of aromatic nitrogens is 5. The van der Waals surface area contributed by atoms with Crippen LogP contribution in [0.4, 0.5) is 5.82 Å². The minimum absolute atomic E-state index is 0.0705. The molecule has 2 aromatic rings. The van der Waals surface area contributed by atoms with Crippen molar-refractivity contribution in [3.63, 3.8) is 0 Å². The van der Waals surface area contributed by atoms with Crippen LogP contribution in [-0.4, -0.2) is 44.0 Å². The maximum absolute atomic E-state index is 12.0. The van der Waals surface area contributed by atoms with Gasteiger partial charge in [0.25, 0.3) is 5.91 Å². The van der Waals surface area contributed by atoms with Crippen molar-refractivity contribution in [2.75, 3.05) is 18.4 Å². The van der Waals surface area contributed by atoms with E-state index in [2.05, 4.69) is 30.9 Å². The van der Waals surface area contributed by atoms with E-state index in [9.17, 15) is 4.79 Å². The average Bonchev–Trinajstić information content (AvgIpc) is 2.82. The highest BCUT2D eigenvalue weighted by atomic mass is 35.5. The lowest BCUT2D eigenvalue weighted by molar-refractivity contribution is 0.102. The van der Waals surface area contributed by atoms with Gasteiger partial charge in [-0.3, -0.25) is 4.79 Å². The van der Waals surface area contributed by atoms with Crippen LogP contribution in [0.1, 0.15) is 16.5 Å². The average molecular weight is 314 g/mol. The maximum Gasteiger partial charge on any atom is 0.279 e.